The molecule has 3 rings (SSSR count). The molecule has 3 atom stereocenters. The van der Waals surface area contributed by atoms with Crippen molar-refractivity contribution in [1.82, 2.24) is 5.32 Å². The number of anilines is 1. The summed E-state index contributed by atoms with van der Waals surface area (Å²) in [6.45, 7) is 0. The molecule has 0 bridgehead atoms. The summed E-state index contributed by atoms with van der Waals surface area (Å²) >= 11 is 1.35. The first-order valence-corrected chi connectivity index (χ1v) is 8.74. The fraction of sp³-hybridized carbons (Fsp3) is 0.500. The number of methoxy groups -OCH3 is 1. The molecule has 1 aliphatic heterocycles. The molecule has 1 heterocycles. The number of nitrogens with one attached hydrogen (secondary N) is 1. The first kappa shape index (κ1) is 17.0. The van der Waals surface area contributed by atoms with E-state index in [-0.39, 0.29) is 23.0 Å². The van der Waals surface area contributed by atoms with Gasteiger partial charge in [0.25, 0.3) is 0 Å². The van der Waals surface area contributed by atoms with Gasteiger partial charge >= 0.3 is 6.09 Å². The maximum absolute atomic E-state index is 14.6. The Balaban J connectivity index is 2.12. The number of nitrogens with two attached hydrogens (primary N) is 1. The van der Waals surface area contributed by atoms with E-state index in [1.807, 2.05) is 0 Å². The summed E-state index contributed by atoms with van der Waals surface area (Å²) in [6, 6.07) is 4.46. The molecule has 1 saturated carbocycles. The van der Waals surface area contributed by atoms with Gasteiger partial charge in [-0.05, 0) is 37.0 Å². The zero-order valence-corrected chi connectivity index (χ0v) is 14.1. The van der Waals surface area contributed by atoms with Crippen LogP contribution in [0.4, 0.5) is 14.9 Å². The maximum Gasteiger partial charge on any atom is 0.410 e. The Morgan fingerprint density at radius 3 is 3.04 bits per heavy atom. The van der Waals surface area contributed by atoms with E-state index in [9.17, 15) is 9.18 Å². The summed E-state index contributed by atoms with van der Waals surface area (Å²) in [6.07, 6.45) is 0.982. The lowest BCUT2D eigenvalue weighted by atomic mass is 9.68. The van der Waals surface area contributed by atoms with Gasteiger partial charge in [-0.15, -0.1) is 0 Å². The smallest absolute Gasteiger partial charge is 0.410 e. The maximum atomic E-state index is 14.6. The number of hydrogen-bond acceptors (Lipinski definition) is 5. The minimum absolute atomic E-state index is 0.0555. The summed E-state index contributed by atoms with van der Waals surface area (Å²) in [5.74, 6) is 0.393. The van der Waals surface area contributed by atoms with Crippen LogP contribution >= 0.6 is 11.8 Å². The molecule has 24 heavy (non-hydrogen) atoms. The van der Waals surface area contributed by atoms with Crippen LogP contribution < -0.4 is 11.1 Å². The zero-order chi connectivity index (χ0) is 17.3. The van der Waals surface area contributed by atoms with E-state index in [1.54, 1.807) is 13.2 Å². The van der Waals surface area contributed by atoms with Gasteiger partial charge < -0.3 is 15.6 Å². The molecule has 1 aromatic rings. The van der Waals surface area contributed by atoms with Crippen LogP contribution in [0.3, 0.4) is 0 Å². The normalized spacial score (nSPS) is 29.5. The molecule has 130 valence electrons. The second kappa shape index (κ2) is 6.60. The monoisotopic (exact) mass is 353 g/mol. The number of rotatable bonds is 2. The Morgan fingerprint density at radius 1 is 1.54 bits per heavy atom. The van der Waals surface area contributed by atoms with Crippen molar-refractivity contribution in [3.63, 3.8) is 0 Å². The Bertz CT molecular complexity index is 685. The number of carboxylic acid groups (broad SMARTS) is 1. The number of hydrogen-bond donors (Lipinski definition) is 3. The molecule has 2 aliphatic rings. The van der Waals surface area contributed by atoms with Crippen molar-refractivity contribution >= 4 is 28.7 Å². The highest BCUT2D eigenvalue weighted by molar-refractivity contribution is 8.13. The second-order valence-electron chi connectivity index (χ2n) is 6.16. The molecule has 0 saturated heterocycles. The lowest BCUT2D eigenvalue weighted by Crippen LogP contribution is -2.48. The fourth-order valence-electron chi connectivity index (χ4n) is 3.61. The molecule has 0 spiro atoms. The second-order valence-corrected chi connectivity index (χ2v) is 7.17. The van der Waals surface area contributed by atoms with Crippen molar-refractivity contribution in [2.45, 2.75) is 30.9 Å². The Labute approximate surface area is 143 Å². The number of aliphatic imine (C=N–C) groups is 1. The van der Waals surface area contributed by atoms with Crippen molar-refractivity contribution in [2.24, 2.45) is 10.9 Å². The van der Waals surface area contributed by atoms with Crippen LogP contribution in [0.15, 0.2) is 23.2 Å². The number of carbonyl (C=O) groups is 1. The number of halogens is 1. The number of thioether (sulfide) groups is 1. The molecule has 0 aromatic heterocycles. The Hall–Kier alpha value is -1.80. The van der Waals surface area contributed by atoms with Crippen LogP contribution in [0, 0.1) is 11.7 Å². The third-order valence-corrected chi connectivity index (χ3v) is 5.81. The average molecular weight is 353 g/mol. The summed E-state index contributed by atoms with van der Waals surface area (Å²) in [7, 11) is 1.63. The van der Waals surface area contributed by atoms with Crippen molar-refractivity contribution in [3.05, 3.63) is 29.6 Å². The first-order chi connectivity index (χ1) is 11.4. The van der Waals surface area contributed by atoms with Gasteiger partial charge in [-0.3, -0.25) is 10.3 Å². The SMILES string of the molecule is CO[C@@H]1CC[C@H]2CSC(NC(=O)O)=N[C@@]2(c2cc(N)ccc2F)C1. The highest BCUT2D eigenvalue weighted by atomic mass is 32.2. The Kier molecular flexibility index (Phi) is 4.69. The quantitative estimate of drug-likeness (QED) is 0.711. The number of ether oxygens (including phenoxy) is 1. The number of amides is 1. The number of nitrogens with zero attached hydrogens (tertiary/aromatic N) is 1. The fourth-order valence-corrected chi connectivity index (χ4v) is 4.80. The largest absolute Gasteiger partial charge is 0.465 e. The van der Waals surface area contributed by atoms with Gasteiger partial charge in [-0.2, -0.15) is 0 Å². The van der Waals surface area contributed by atoms with E-state index in [0.29, 0.717) is 23.4 Å². The van der Waals surface area contributed by atoms with Crippen LogP contribution in [0.25, 0.3) is 0 Å². The van der Waals surface area contributed by atoms with Gasteiger partial charge in [0.2, 0.25) is 0 Å². The Morgan fingerprint density at radius 2 is 2.33 bits per heavy atom. The van der Waals surface area contributed by atoms with E-state index >= 15 is 0 Å². The van der Waals surface area contributed by atoms with Crippen LogP contribution in [0.5, 0.6) is 0 Å². The molecule has 1 fully saturated rings. The van der Waals surface area contributed by atoms with E-state index in [0.717, 1.165) is 12.8 Å². The topological polar surface area (TPSA) is 96.9 Å². The molecule has 1 aromatic carbocycles. The van der Waals surface area contributed by atoms with E-state index in [4.69, 9.17) is 15.6 Å². The van der Waals surface area contributed by atoms with Crippen LogP contribution in [-0.2, 0) is 10.3 Å². The van der Waals surface area contributed by atoms with Crippen molar-refractivity contribution in [2.75, 3.05) is 18.6 Å². The number of fused-ring (bicyclic) bond motifs is 1. The first-order valence-electron chi connectivity index (χ1n) is 7.75. The lowest BCUT2D eigenvalue weighted by Gasteiger charge is -2.46. The molecule has 1 amide bonds. The highest BCUT2D eigenvalue weighted by Crippen LogP contribution is 2.50. The molecular weight excluding hydrogens is 333 g/mol. The zero-order valence-electron chi connectivity index (χ0n) is 13.3. The minimum atomic E-state index is -1.18. The number of amidine groups is 1. The van der Waals surface area contributed by atoms with Crippen LogP contribution in [-0.4, -0.2) is 35.3 Å². The minimum Gasteiger partial charge on any atom is -0.465 e. The third kappa shape index (κ3) is 3.08. The van der Waals surface area contributed by atoms with Crippen molar-refractivity contribution in [3.8, 4) is 0 Å². The molecule has 0 unspecified atom stereocenters. The molecule has 1 aliphatic carbocycles. The number of nitrogen functional groups attached to an aromatic ring is 1. The van der Waals surface area contributed by atoms with Gasteiger partial charge in [0.05, 0.1) is 11.6 Å². The predicted molar refractivity (Wildman–Crippen MR) is 91.7 cm³/mol. The lowest BCUT2D eigenvalue weighted by molar-refractivity contribution is 0.0192. The van der Waals surface area contributed by atoms with Gasteiger partial charge in [0.1, 0.15) is 5.82 Å². The van der Waals surface area contributed by atoms with Gasteiger partial charge in [0, 0.05) is 30.5 Å². The van der Waals surface area contributed by atoms with Gasteiger partial charge in [0.15, 0.2) is 5.17 Å². The van der Waals surface area contributed by atoms with E-state index in [2.05, 4.69) is 10.3 Å². The molecule has 0 radical (unpaired) electrons. The molecule has 4 N–H and O–H groups in total. The molecule has 8 heteroatoms. The highest BCUT2D eigenvalue weighted by Gasteiger charge is 2.49. The van der Waals surface area contributed by atoms with Gasteiger partial charge in [-0.1, -0.05) is 11.8 Å². The average Bonchev–Trinajstić information content (AvgIpc) is 2.55. The standard InChI is InChI=1S/C16H20FN3O3S/c1-23-11-4-2-9-8-24-14(19-15(21)22)20-16(9,7-11)12-6-10(18)3-5-13(12)17/h3,5-6,9,11H,2,4,7-8,18H2,1H3,(H,19,20)(H,21,22)/t9-,11+,16-/m0/s1. The van der Waals surface area contributed by atoms with E-state index in [1.165, 1.54) is 23.9 Å². The number of benzene rings is 1. The third-order valence-electron chi connectivity index (χ3n) is 4.78. The van der Waals surface area contributed by atoms with E-state index < -0.39 is 11.6 Å². The summed E-state index contributed by atoms with van der Waals surface area (Å²) in [5.41, 5.74) is 5.89. The van der Waals surface area contributed by atoms with Crippen LogP contribution in [0.2, 0.25) is 0 Å². The summed E-state index contributed by atoms with van der Waals surface area (Å²) < 4.78 is 20.1. The molecular formula is C16H20FN3O3S. The summed E-state index contributed by atoms with van der Waals surface area (Å²) in [5, 5.41) is 11.6. The van der Waals surface area contributed by atoms with Crippen molar-refractivity contribution < 1.29 is 19.0 Å². The van der Waals surface area contributed by atoms with Crippen LogP contribution in [0.1, 0.15) is 24.8 Å². The molecule has 6 nitrogen and oxygen atoms in total. The van der Waals surface area contributed by atoms with Gasteiger partial charge in [-0.25, -0.2) is 9.18 Å². The predicted octanol–water partition coefficient (Wildman–Crippen LogP) is 2.79. The van der Waals surface area contributed by atoms with Crippen molar-refractivity contribution in [1.29, 1.82) is 0 Å². The summed E-state index contributed by atoms with van der Waals surface area (Å²) in [4.78, 5) is 15.6.